The number of ether oxygens (including phenoxy) is 1. The lowest BCUT2D eigenvalue weighted by Crippen LogP contribution is -2.33. The molecule has 0 unspecified atom stereocenters. The molecule has 0 aliphatic rings. The van der Waals surface area contributed by atoms with Crippen LogP contribution in [0, 0.1) is 5.82 Å². The van der Waals surface area contributed by atoms with Gasteiger partial charge in [-0.3, -0.25) is 14.3 Å². The van der Waals surface area contributed by atoms with Gasteiger partial charge in [-0.05, 0) is 11.6 Å². The number of benzene rings is 1. The van der Waals surface area contributed by atoms with Gasteiger partial charge in [0.1, 0.15) is 5.75 Å². The molecule has 2 aromatic rings. The van der Waals surface area contributed by atoms with Crippen molar-refractivity contribution in [1.82, 2.24) is 9.55 Å². The summed E-state index contributed by atoms with van der Waals surface area (Å²) in [5.41, 5.74) is -1.22. The molecule has 0 fully saturated rings. The van der Waals surface area contributed by atoms with Crippen molar-refractivity contribution < 1.29 is 19.2 Å². The molecule has 1 aromatic heterocycles. The summed E-state index contributed by atoms with van der Waals surface area (Å²) in [6.07, 6.45) is 0.792. The summed E-state index contributed by atoms with van der Waals surface area (Å²) in [5.74, 6) is -0.806. The molecule has 0 bridgehead atoms. The quantitative estimate of drug-likeness (QED) is 0.590. The summed E-state index contributed by atoms with van der Waals surface area (Å²) < 4.78 is 19.1. The summed E-state index contributed by atoms with van der Waals surface area (Å²) in [6.45, 7) is -0.0454. The molecule has 0 amide bonds. The molecule has 2 rings (SSSR count). The van der Waals surface area contributed by atoms with Crippen LogP contribution in [0.2, 0.25) is 0 Å². The summed E-state index contributed by atoms with van der Waals surface area (Å²) in [7, 11) is -0.369. The third kappa shape index (κ3) is 3.20. The summed E-state index contributed by atoms with van der Waals surface area (Å²) in [4.78, 5) is 24.3. The predicted octanol–water partition coefficient (Wildman–Crippen LogP) is -1.59. The number of hydrogen-bond acceptors (Lipinski definition) is 5. The van der Waals surface area contributed by atoms with Gasteiger partial charge in [-0.15, -0.1) is 0 Å². The van der Waals surface area contributed by atoms with Crippen LogP contribution in [0.5, 0.6) is 5.75 Å². The van der Waals surface area contributed by atoms with Crippen LogP contribution >= 0.6 is 0 Å². The van der Waals surface area contributed by atoms with Crippen molar-refractivity contribution in [3.8, 4) is 5.75 Å². The zero-order valence-electron chi connectivity index (χ0n) is 11.0. The Hall–Kier alpha value is -2.39. The van der Waals surface area contributed by atoms with Gasteiger partial charge in [0.2, 0.25) is 5.82 Å². The van der Waals surface area contributed by atoms with E-state index in [1.165, 1.54) is 19.2 Å². The number of H-pyrrole nitrogens is 1. The third-order valence-electron chi connectivity index (χ3n) is 2.89. The van der Waals surface area contributed by atoms with Crippen LogP contribution < -0.4 is 21.4 Å². The fourth-order valence-corrected chi connectivity index (χ4v) is 1.88. The summed E-state index contributed by atoms with van der Waals surface area (Å²) >= 11 is 0. The van der Waals surface area contributed by atoms with Crippen LogP contribution in [0.4, 0.5) is 4.39 Å². The zero-order valence-corrected chi connectivity index (χ0v) is 11.0. The van der Waals surface area contributed by atoms with E-state index in [4.69, 9.17) is 4.74 Å². The van der Waals surface area contributed by atoms with Gasteiger partial charge in [-0.25, -0.2) is 4.79 Å². The van der Waals surface area contributed by atoms with E-state index in [2.05, 4.69) is 0 Å². The van der Waals surface area contributed by atoms with E-state index in [1.54, 1.807) is 6.07 Å². The first-order chi connectivity index (χ1) is 9.92. The number of nitrogens with one attached hydrogen (secondary N) is 1. The maximum absolute atomic E-state index is 13.2. The van der Waals surface area contributed by atoms with Crippen molar-refractivity contribution in [3.63, 3.8) is 0 Å². The number of hydrogen-bond donors (Lipinski definition) is 3. The van der Waals surface area contributed by atoms with Gasteiger partial charge in [0.05, 0.1) is 19.9 Å². The molecule has 1 aromatic carbocycles. The Labute approximate surface area is 118 Å². The van der Waals surface area contributed by atoms with E-state index < -0.39 is 24.2 Å². The molecule has 0 atom stereocenters. The van der Waals surface area contributed by atoms with Crippen LogP contribution in [-0.4, -0.2) is 33.8 Å². The van der Waals surface area contributed by atoms with E-state index in [1.807, 2.05) is 4.98 Å². The van der Waals surface area contributed by atoms with Crippen LogP contribution in [0.3, 0.4) is 0 Å². The Bertz CT molecular complexity index is 771. The number of halogens is 1. The Morgan fingerprint density at radius 3 is 2.71 bits per heavy atom. The highest BCUT2D eigenvalue weighted by Crippen LogP contribution is 2.10. The first-order valence-electron chi connectivity index (χ1n) is 5.94. The minimum Gasteiger partial charge on any atom is -0.497 e. The number of aromatic amines is 1. The van der Waals surface area contributed by atoms with Gasteiger partial charge < -0.3 is 14.8 Å². The molecule has 0 aliphatic heterocycles. The second kappa shape index (κ2) is 5.94. The highest BCUT2D eigenvalue weighted by molar-refractivity contribution is 6.59. The first kappa shape index (κ1) is 15.0. The van der Waals surface area contributed by atoms with Gasteiger partial charge in [0.15, 0.2) is 0 Å². The van der Waals surface area contributed by atoms with Crippen molar-refractivity contribution in [2.24, 2.45) is 0 Å². The topological polar surface area (TPSA) is 105 Å². The number of methoxy groups -OCH3 is 1. The van der Waals surface area contributed by atoms with Gasteiger partial charge in [0.25, 0.3) is 5.56 Å². The second-order valence-electron chi connectivity index (χ2n) is 4.31. The van der Waals surface area contributed by atoms with Gasteiger partial charge in [0, 0.05) is 5.46 Å². The monoisotopic (exact) mass is 294 g/mol. The molecule has 0 aliphatic carbocycles. The minimum atomic E-state index is -1.75. The zero-order chi connectivity index (χ0) is 15.6. The number of nitrogens with zero attached hydrogens (tertiary/aromatic N) is 1. The average molecular weight is 294 g/mol. The maximum atomic E-state index is 13.2. The standard InChI is InChI=1S/C12H12BFN2O5/c1-21-10-3-2-7(4-8(10)13(19)20)5-16-6-9(14)11(17)15-12(16)18/h2-4,6,19-20H,5H2,1H3,(H,15,17,18). The highest BCUT2D eigenvalue weighted by Gasteiger charge is 2.17. The molecule has 1 heterocycles. The molecule has 3 N–H and O–H groups in total. The second-order valence-corrected chi connectivity index (χ2v) is 4.31. The van der Waals surface area contributed by atoms with Crippen molar-refractivity contribution in [2.75, 3.05) is 7.11 Å². The average Bonchev–Trinajstić information content (AvgIpc) is 2.44. The Morgan fingerprint density at radius 1 is 1.38 bits per heavy atom. The van der Waals surface area contributed by atoms with Gasteiger partial charge in [-0.2, -0.15) is 4.39 Å². The predicted molar refractivity (Wildman–Crippen MR) is 73.2 cm³/mol. The van der Waals surface area contributed by atoms with Gasteiger partial charge in [-0.1, -0.05) is 12.1 Å². The molecule has 9 heteroatoms. The molecule has 0 saturated heterocycles. The fraction of sp³-hybridized carbons (Fsp3) is 0.167. The Morgan fingerprint density at radius 2 is 2.10 bits per heavy atom. The van der Waals surface area contributed by atoms with E-state index >= 15 is 0 Å². The largest absolute Gasteiger partial charge is 0.497 e. The van der Waals surface area contributed by atoms with Crippen LogP contribution in [0.15, 0.2) is 34.0 Å². The SMILES string of the molecule is COc1ccc(Cn2cc(F)c(=O)[nH]c2=O)cc1B(O)O. The lowest BCUT2D eigenvalue weighted by atomic mass is 9.78. The van der Waals surface area contributed by atoms with Crippen LogP contribution in [-0.2, 0) is 6.54 Å². The molecule has 110 valence electrons. The van der Waals surface area contributed by atoms with Gasteiger partial charge >= 0.3 is 12.8 Å². The maximum Gasteiger partial charge on any atom is 0.492 e. The number of aromatic nitrogens is 2. The smallest absolute Gasteiger partial charge is 0.492 e. The molecule has 21 heavy (non-hydrogen) atoms. The highest BCUT2D eigenvalue weighted by atomic mass is 19.1. The summed E-state index contributed by atoms with van der Waals surface area (Å²) in [6, 6.07) is 4.50. The molecule has 0 spiro atoms. The van der Waals surface area contributed by atoms with E-state index in [0.29, 0.717) is 5.56 Å². The van der Waals surface area contributed by atoms with Crippen LogP contribution in [0.25, 0.3) is 0 Å². The third-order valence-corrected chi connectivity index (χ3v) is 2.89. The lowest BCUT2D eigenvalue weighted by Gasteiger charge is -2.11. The molecule has 0 saturated carbocycles. The normalized spacial score (nSPS) is 10.5. The van der Waals surface area contributed by atoms with Crippen molar-refractivity contribution >= 4 is 12.6 Å². The lowest BCUT2D eigenvalue weighted by molar-refractivity contribution is 0.403. The van der Waals surface area contributed by atoms with E-state index in [0.717, 1.165) is 10.8 Å². The molecule has 0 radical (unpaired) electrons. The van der Waals surface area contributed by atoms with Crippen molar-refractivity contribution in [3.05, 3.63) is 56.6 Å². The van der Waals surface area contributed by atoms with E-state index in [9.17, 15) is 24.0 Å². The Kier molecular flexibility index (Phi) is 4.25. The fourth-order valence-electron chi connectivity index (χ4n) is 1.88. The summed E-state index contributed by atoms with van der Waals surface area (Å²) in [5, 5.41) is 18.5. The van der Waals surface area contributed by atoms with E-state index in [-0.39, 0.29) is 17.8 Å². The number of rotatable bonds is 4. The van der Waals surface area contributed by atoms with Crippen molar-refractivity contribution in [2.45, 2.75) is 6.54 Å². The minimum absolute atomic E-state index is 0.0454. The Balaban J connectivity index is 2.41. The van der Waals surface area contributed by atoms with Crippen molar-refractivity contribution in [1.29, 1.82) is 0 Å². The first-order valence-corrected chi connectivity index (χ1v) is 5.94. The molecular formula is C12H12BFN2O5. The van der Waals surface area contributed by atoms with Crippen LogP contribution in [0.1, 0.15) is 5.56 Å². The molecular weight excluding hydrogens is 282 g/mol. The molecule has 7 nitrogen and oxygen atoms in total.